The number of furan rings is 1. The zero-order valence-electron chi connectivity index (χ0n) is 21.5. The van der Waals surface area contributed by atoms with Crippen LogP contribution in [0.2, 0.25) is 0 Å². The number of aryl methyl sites for hydroxylation is 1. The number of para-hydroxylation sites is 1. The lowest BCUT2D eigenvalue weighted by molar-refractivity contribution is 0.0992. The van der Waals surface area contributed by atoms with Crippen molar-refractivity contribution in [3.8, 4) is 17.2 Å². The highest BCUT2D eigenvalue weighted by Gasteiger charge is 2.18. The van der Waals surface area contributed by atoms with E-state index in [1.165, 1.54) is 0 Å². The maximum Gasteiger partial charge on any atom is 0.291 e. The van der Waals surface area contributed by atoms with Crippen LogP contribution >= 0.6 is 0 Å². The lowest BCUT2D eigenvalue weighted by atomic mass is 10.1. The molecule has 0 saturated carbocycles. The van der Waals surface area contributed by atoms with Gasteiger partial charge < -0.3 is 23.9 Å². The molecule has 1 amide bonds. The summed E-state index contributed by atoms with van der Waals surface area (Å²) in [6, 6.07) is 16.9. The van der Waals surface area contributed by atoms with Gasteiger partial charge >= 0.3 is 0 Å². The predicted molar refractivity (Wildman–Crippen MR) is 142 cm³/mol. The Bertz CT molecular complexity index is 1400. The van der Waals surface area contributed by atoms with Crippen molar-refractivity contribution in [3.05, 3.63) is 101 Å². The average molecular weight is 502 g/mol. The van der Waals surface area contributed by atoms with Crippen molar-refractivity contribution in [1.82, 2.24) is 9.78 Å². The highest BCUT2D eigenvalue weighted by molar-refractivity contribution is 6.02. The van der Waals surface area contributed by atoms with Gasteiger partial charge in [-0.2, -0.15) is 5.10 Å². The molecule has 4 aromatic rings. The summed E-state index contributed by atoms with van der Waals surface area (Å²) in [5, 5.41) is 7.56. The highest BCUT2D eigenvalue weighted by Crippen LogP contribution is 2.29. The van der Waals surface area contributed by atoms with Crippen molar-refractivity contribution in [3.63, 3.8) is 0 Å². The van der Waals surface area contributed by atoms with Crippen molar-refractivity contribution >= 4 is 11.6 Å². The van der Waals surface area contributed by atoms with Gasteiger partial charge in [-0.1, -0.05) is 30.3 Å². The molecule has 0 aliphatic heterocycles. The number of hydrogen-bond donors (Lipinski definition) is 1. The van der Waals surface area contributed by atoms with Crippen LogP contribution < -0.4 is 19.5 Å². The van der Waals surface area contributed by atoms with Crippen LogP contribution in [-0.4, -0.2) is 29.9 Å². The number of hydrogen-bond acceptors (Lipinski definition) is 6. The van der Waals surface area contributed by atoms with Gasteiger partial charge in [0.2, 0.25) is 0 Å². The van der Waals surface area contributed by atoms with E-state index in [4.69, 9.17) is 18.6 Å². The first-order chi connectivity index (χ1) is 17.9. The Morgan fingerprint density at radius 1 is 1.05 bits per heavy atom. The van der Waals surface area contributed by atoms with Crippen LogP contribution in [0, 0.1) is 13.8 Å². The molecule has 0 saturated heterocycles. The number of allylic oxidation sites excluding steroid dienone is 1. The normalized spacial score (nSPS) is 10.7. The second kappa shape index (κ2) is 11.5. The summed E-state index contributed by atoms with van der Waals surface area (Å²) in [5.41, 5.74) is 4.22. The maximum absolute atomic E-state index is 12.9. The lowest BCUT2D eigenvalue weighted by Gasteiger charge is -2.11. The first-order valence-corrected chi connectivity index (χ1v) is 11.9. The van der Waals surface area contributed by atoms with Crippen molar-refractivity contribution < 1.29 is 23.4 Å². The number of aromatic nitrogens is 2. The molecular weight excluding hydrogens is 470 g/mol. The molecule has 1 N–H and O–H groups in total. The molecular formula is C29H31N3O5. The summed E-state index contributed by atoms with van der Waals surface area (Å²) in [6.07, 6.45) is 2.54. The van der Waals surface area contributed by atoms with Crippen LogP contribution in [-0.2, 0) is 19.6 Å². The molecule has 2 heterocycles. The van der Waals surface area contributed by atoms with E-state index in [1.54, 1.807) is 26.4 Å². The Kier molecular flexibility index (Phi) is 7.98. The van der Waals surface area contributed by atoms with Crippen LogP contribution in [0.15, 0.2) is 71.7 Å². The number of ether oxygens (including phenoxy) is 3. The van der Waals surface area contributed by atoms with E-state index in [2.05, 4.69) is 17.0 Å². The third-order valence-electron chi connectivity index (χ3n) is 5.99. The second-order valence-electron chi connectivity index (χ2n) is 8.50. The Hall–Kier alpha value is -4.46. The average Bonchev–Trinajstić information content (AvgIpc) is 3.48. The summed E-state index contributed by atoms with van der Waals surface area (Å²) in [4.78, 5) is 12.9. The van der Waals surface area contributed by atoms with Gasteiger partial charge in [-0.3, -0.25) is 9.48 Å². The van der Waals surface area contributed by atoms with Crippen LogP contribution in [0.1, 0.15) is 38.8 Å². The predicted octanol–water partition coefficient (Wildman–Crippen LogP) is 5.72. The van der Waals surface area contributed by atoms with Crippen molar-refractivity contribution in [1.29, 1.82) is 0 Å². The topological polar surface area (TPSA) is 87.8 Å². The van der Waals surface area contributed by atoms with Crippen molar-refractivity contribution in [2.75, 3.05) is 19.5 Å². The minimum Gasteiger partial charge on any atom is -0.493 e. The lowest BCUT2D eigenvalue weighted by Crippen LogP contribution is -2.12. The van der Waals surface area contributed by atoms with Gasteiger partial charge in [0.05, 0.1) is 37.8 Å². The zero-order chi connectivity index (χ0) is 26.4. The third kappa shape index (κ3) is 5.86. The molecule has 0 bridgehead atoms. The fourth-order valence-corrected chi connectivity index (χ4v) is 4.05. The number of carbonyl (C=O) groups excluding carboxylic acids is 1. The van der Waals surface area contributed by atoms with E-state index in [9.17, 15) is 4.79 Å². The molecule has 2 aromatic carbocycles. The van der Waals surface area contributed by atoms with Crippen LogP contribution in [0.4, 0.5) is 5.69 Å². The molecule has 37 heavy (non-hydrogen) atoms. The van der Waals surface area contributed by atoms with Gasteiger partial charge in [-0.25, -0.2) is 0 Å². The van der Waals surface area contributed by atoms with E-state index >= 15 is 0 Å². The molecule has 0 atom stereocenters. The fourth-order valence-electron chi connectivity index (χ4n) is 4.05. The molecule has 8 heteroatoms. The minimum atomic E-state index is -0.352. The molecule has 2 aromatic heterocycles. The zero-order valence-corrected chi connectivity index (χ0v) is 21.5. The third-order valence-corrected chi connectivity index (χ3v) is 5.99. The monoisotopic (exact) mass is 501 g/mol. The molecule has 4 rings (SSSR count). The van der Waals surface area contributed by atoms with Crippen LogP contribution in [0.3, 0.4) is 0 Å². The molecule has 8 nitrogen and oxygen atoms in total. The summed E-state index contributed by atoms with van der Waals surface area (Å²) >= 11 is 0. The number of rotatable bonds is 11. The van der Waals surface area contributed by atoms with Crippen molar-refractivity contribution in [2.45, 2.75) is 33.4 Å². The molecule has 0 spiro atoms. The van der Waals surface area contributed by atoms with Gasteiger partial charge in [-0.15, -0.1) is 6.58 Å². The van der Waals surface area contributed by atoms with Gasteiger partial charge in [0.25, 0.3) is 5.91 Å². The number of nitrogens with one attached hydrogen (secondary N) is 1. The summed E-state index contributed by atoms with van der Waals surface area (Å²) < 4.78 is 24.2. The van der Waals surface area contributed by atoms with E-state index in [-0.39, 0.29) is 18.3 Å². The van der Waals surface area contributed by atoms with Gasteiger partial charge in [0.15, 0.2) is 17.3 Å². The first-order valence-electron chi connectivity index (χ1n) is 11.9. The Morgan fingerprint density at radius 3 is 2.59 bits per heavy atom. The number of methoxy groups -OCH3 is 2. The van der Waals surface area contributed by atoms with Crippen LogP contribution in [0.5, 0.6) is 17.2 Å². The fraction of sp³-hybridized carbons (Fsp3) is 0.241. The number of benzene rings is 2. The SMILES string of the molecule is C=CCc1ccccc1OCc1ccc(C(=O)Nc2c(C)nn(Cc3ccc(OC)c(OC)c3)c2C)o1. The quantitative estimate of drug-likeness (QED) is 0.265. The number of anilines is 1. The summed E-state index contributed by atoms with van der Waals surface area (Å²) in [7, 11) is 3.21. The van der Waals surface area contributed by atoms with Crippen molar-refractivity contribution in [2.24, 2.45) is 0 Å². The molecule has 0 unspecified atom stereocenters. The van der Waals surface area contributed by atoms with E-state index in [1.807, 2.05) is 67.1 Å². The molecule has 0 aliphatic rings. The van der Waals surface area contributed by atoms with E-state index < -0.39 is 0 Å². The summed E-state index contributed by atoms with van der Waals surface area (Å²) in [6.45, 7) is 8.28. The Labute approximate surface area is 216 Å². The minimum absolute atomic E-state index is 0.199. The van der Waals surface area contributed by atoms with Crippen LogP contribution in [0.25, 0.3) is 0 Å². The van der Waals surface area contributed by atoms with Gasteiger partial charge in [-0.05, 0) is 61.7 Å². The number of nitrogens with zero attached hydrogens (tertiary/aromatic N) is 2. The highest BCUT2D eigenvalue weighted by atomic mass is 16.5. The van der Waals surface area contributed by atoms with Gasteiger partial charge in [0, 0.05) is 0 Å². The maximum atomic E-state index is 12.9. The first kappa shape index (κ1) is 25.6. The molecule has 0 aliphatic carbocycles. The van der Waals surface area contributed by atoms with Gasteiger partial charge in [0.1, 0.15) is 18.1 Å². The smallest absolute Gasteiger partial charge is 0.291 e. The van der Waals surface area contributed by atoms with E-state index in [0.717, 1.165) is 22.6 Å². The molecule has 192 valence electrons. The number of carbonyl (C=O) groups is 1. The van der Waals surface area contributed by atoms with E-state index in [0.29, 0.717) is 41.6 Å². The Balaban J connectivity index is 1.43. The summed E-state index contributed by atoms with van der Waals surface area (Å²) in [5.74, 6) is 2.47. The number of amides is 1. The Morgan fingerprint density at radius 2 is 1.84 bits per heavy atom. The molecule has 0 fully saturated rings. The standard InChI is InChI=1S/C29H31N3O5/c1-6-9-22-10-7-8-11-24(22)36-18-23-13-15-26(37-23)29(33)30-28-19(2)31-32(20(28)3)17-21-12-14-25(34-4)27(16-21)35-5/h6-8,10-16H,1,9,17-18H2,2-5H3,(H,30,33). The second-order valence-corrected chi connectivity index (χ2v) is 8.50. The largest absolute Gasteiger partial charge is 0.493 e. The molecule has 0 radical (unpaired) electrons.